The van der Waals surface area contributed by atoms with Gasteiger partial charge in [-0.2, -0.15) is 5.26 Å². The molecule has 0 saturated carbocycles. The van der Waals surface area contributed by atoms with E-state index in [0.29, 0.717) is 22.8 Å². The van der Waals surface area contributed by atoms with E-state index < -0.39 is 0 Å². The lowest BCUT2D eigenvalue weighted by atomic mass is 10.2. The maximum atomic E-state index is 9.29. The second kappa shape index (κ2) is 4.62. The zero-order valence-corrected chi connectivity index (χ0v) is 12.2. The molecule has 3 aromatic rings. The van der Waals surface area contributed by atoms with Crippen LogP contribution in [-0.4, -0.2) is 14.5 Å². The first-order valence-electron chi connectivity index (χ1n) is 5.91. The number of fused-ring (bicyclic) bond motifs is 1. The zero-order valence-electron chi connectivity index (χ0n) is 10.6. The van der Waals surface area contributed by atoms with Crippen LogP contribution in [0.15, 0.2) is 34.9 Å². The highest BCUT2D eigenvalue weighted by Crippen LogP contribution is 2.27. The van der Waals surface area contributed by atoms with Crippen molar-refractivity contribution in [1.29, 1.82) is 5.26 Å². The van der Waals surface area contributed by atoms with Gasteiger partial charge in [-0.25, -0.2) is 9.97 Å². The molecule has 6 heteroatoms. The molecule has 0 radical (unpaired) electrons. The van der Waals surface area contributed by atoms with Crippen LogP contribution in [0.4, 0.5) is 5.95 Å². The van der Waals surface area contributed by atoms with Gasteiger partial charge in [-0.3, -0.25) is 4.57 Å². The average molecular weight is 328 g/mol. The first-order chi connectivity index (χ1) is 9.61. The number of nitrogen functional groups attached to an aromatic ring is 1. The number of anilines is 1. The van der Waals surface area contributed by atoms with Crippen LogP contribution in [0.5, 0.6) is 0 Å². The molecule has 20 heavy (non-hydrogen) atoms. The van der Waals surface area contributed by atoms with E-state index in [1.165, 1.54) is 0 Å². The normalized spacial score (nSPS) is 10.7. The lowest BCUT2D eigenvalue weighted by molar-refractivity contribution is 1.08. The number of nitrogens with zero attached hydrogens (tertiary/aromatic N) is 4. The van der Waals surface area contributed by atoms with Crippen LogP contribution in [0.2, 0.25) is 0 Å². The maximum Gasteiger partial charge on any atom is 0.207 e. The molecule has 0 bridgehead atoms. The van der Waals surface area contributed by atoms with Crippen LogP contribution in [0.3, 0.4) is 0 Å². The average Bonchev–Trinajstić information content (AvgIpc) is 2.77. The van der Waals surface area contributed by atoms with Crippen LogP contribution in [0, 0.1) is 18.3 Å². The molecule has 2 heterocycles. The third-order valence-electron chi connectivity index (χ3n) is 3.09. The largest absolute Gasteiger partial charge is 0.369 e. The highest BCUT2D eigenvalue weighted by Gasteiger charge is 2.15. The molecule has 1 aromatic carbocycles. The van der Waals surface area contributed by atoms with E-state index in [0.717, 1.165) is 15.6 Å². The molecule has 5 nitrogen and oxygen atoms in total. The van der Waals surface area contributed by atoms with E-state index in [9.17, 15) is 5.26 Å². The van der Waals surface area contributed by atoms with E-state index in [1.54, 1.807) is 16.8 Å². The topological polar surface area (TPSA) is 80.5 Å². The number of pyridine rings is 1. The minimum Gasteiger partial charge on any atom is -0.369 e. The van der Waals surface area contributed by atoms with Gasteiger partial charge < -0.3 is 5.73 Å². The predicted molar refractivity (Wildman–Crippen MR) is 80.4 cm³/mol. The Kier molecular flexibility index (Phi) is 2.92. The quantitative estimate of drug-likeness (QED) is 0.745. The van der Waals surface area contributed by atoms with Crippen molar-refractivity contribution in [1.82, 2.24) is 14.5 Å². The molecule has 0 amide bonds. The van der Waals surface area contributed by atoms with Gasteiger partial charge in [0.2, 0.25) is 5.95 Å². The van der Waals surface area contributed by atoms with Crippen molar-refractivity contribution in [3.8, 4) is 11.8 Å². The van der Waals surface area contributed by atoms with E-state index in [1.807, 2.05) is 25.1 Å². The minimum atomic E-state index is 0.320. The maximum absolute atomic E-state index is 9.29. The number of nitrogens with two attached hydrogens (primary N) is 1. The monoisotopic (exact) mass is 327 g/mol. The smallest absolute Gasteiger partial charge is 0.207 e. The van der Waals surface area contributed by atoms with Crippen LogP contribution in [0.25, 0.3) is 16.9 Å². The first kappa shape index (κ1) is 12.6. The summed E-state index contributed by atoms with van der Waals surface area (Å²) in [6.07, 6.45) is 1.71. The summed E-state index contributed by atoms with van der Waals surface area (Å²) >= 11 is 3.36. The predicted octanol–water partition coefficient (Wildman–Crippen LogP) is 2.95. The fraction of sp³-hybridized carbons (Fsp3) is 0.0714. The second-order valence-corrected chi connectivity index (χ2v) is 5.29. The molecule has 3 rings (SSSR count). The summed E-state index contributed by atoms with van der Waals surface area (Å²) in [7, 11) is 0. The van der Waals surface area contributed by atoms with Crippen LogP contribution in [-0.2, 0) is 0 Å². The Balaban J connectivity index is 2.39. The number of imidazole rings is 1. The van der Waals surface area contributed by atoms with Crippen LogP contribution < -0.4 is 5.73 Å². The number of nitriles is 1. The van der Waals surface area contributed by atoms with Gasteiger partial charge in [-0.1, -0.05) is 15.9 Å². The highest BCUT2D eigenvalue weighted by molar-refractivity contribution is 9.10. The van der Waals surface area contributed by atoms with Gasteiger partial charge in [-0.15, -0.1) is 0 Å². The second-order valence-electron chi connectivity index (χ2n) is 4.38. The molecule has 0 aliphatic heterocycles. The molecule has 0 unspecified atom stereocenters. The SMILES string of the molecule is Cc1ccnc2c1nc(N)n2-c1ccc(Br)cc1C#N. The van der Waals surface area contributed by atoms with Gasteiger partial charge in [0.25, 0.3) is 0 Å². The zero-order chi connectivity index (χ0) is 14.3. The van der Waals surface area contributed by atoms with E-state index >= 15 is 0 Å². The lowest BCUT2D eigenvalue weighted by Crippen LogP contribution is -2.03. The summed E-state index contributed by atoms with van der Waals surface area (Å²) in [4.78, 5) is 8.68. The van der Waals surface area contributed by atoms with Crippen molar-refractivity contribution in [2.24, 2.45) is 0 Å². The molecule has 2 N–H and O–H groups in total. The first-order valence-corrected chi connectivity index (χ1v) is 6.70. The highest BCUT2D eigenvalue weighted by atomic mass is 79.9. The van der Waals surface area contributed by atoms with Gasteiger partial charge in [0, 0.05) is 10.7 Å². The molecular formula is C14H10BrN5. The van der Waals surface area contributed by atoms with Crippen molar-refractivity contribution >= 4 is 33.0 Å². The lowest BCUT2D eigenvalue weighted by Gasteiger charge is -2.08. The van der Waals surface area contributed by atoms with E-state index in [-0.39, 0.29) is 0 Å². The molecule has 0 fully saturated rings. The summed E-state index contributed by atoms with van der Waals surface area (Å²) in [6, 6.07) is 9.48. The number of benzene rings is 1. The molecule has 98 valence electrons. The Bertz CT molecular complexity index is 860. The van der Waals surface area contributed by atoms with Gasteiger partial charge in [0.1, 0.15) is 11.6 Å². The minimum absolute atomic E-state index is 0.320. The van der Waals surface area contributed by atoms with Gasteiger partial charge in [0.05, 0.1) is 11.3 Å². The number of hydrogen-bond acceptors (Lipinski definition) is 4. The molecular weight excluding hydrogens is 318 g/mol. The third kappa shape index (κ3) is 1.84. The number of rotatable bonds is 1. The third-order valence-corrected chi connectivity index (χ3v) is 3.59. The Morgan fingerprint density at radius 3 is 2.90 bits per heavy atom. The van der Waals surface area contributed by atoms with Crippen molar-refractivity contribution in [3.05, 3.63) is 46.1 Å². The molecule has 0 saturated heterocycles. The van der Waals surface area contributed by atoms with Crippen molar-refractivity contribution < 1.29 is 0 Å². The Morgan fingerprint density at radius 2 is 2.15 bits per heavy atom. The van der Waals surface area contributed by atoms with Crippen molar-refractivity contribution in [2.45, 2.75) is 6.92 Å². The van der Waals surface area contributed by atoms with Gasteiger partial charge in [-0.05, 0) is 36.8 Å². The van der Waals surface area contributed by atoms with E-state index in [2.05, 4.69) is 32.0 Å². The van der Waals surface area contributed by atoms with Crippen LogP contribution >= 0.6 is 15.9 Å². The fourth-order valence-corrected chi connectivity index (χ4v) is 2.50. The number of halogens is 1. The summed E-state index contributed by atoms with van der Waals surface area (Å²) in [5.74, 6) is 0.320. The van der Waals surface area contributed by atoms with Crippen LogP contribution in [0.1, 0.15) is 11.1 Å². The molecule has 0 spiro atoms. The number of hydrogen-bond donors (Lipinski definition) is 1. The number of aromatic nitrogens is 3. The van der Waals surface area contributed by atoms with E-state index in [4.69, 9.17) is 5.73 Å². The molecule has 0 aliphatic carbocycles. The van der Waals surface area contributed by atoms with Crippen molar-refractivity contribution in [3.63, 3.8) is 0 Å². The molecule has 2 aromatic heterocycles. The standard InChI is InChI=1S/C14H10BrN5/c1-8-4-5-18-13-12(8)19-14(17)20(13)11-3-2-10(15)6-9(11)7-16/h2-6H,1H3,(H2,17,19). The Hall–Kier alpha value is -2.39. The summed E-state index contributed by atoms with van der Waals surface area (Å²) in [5, 5.41) is 9.29. The molecule has 0 aliphatic rings. The summed E-state index contributed by atoms with van der Waals surface area (Å²) < 4.78 is 2.54. The fourth-order valence-electron chi connectivity index (χ4n) is 2.14. The molecule has 0 atom stereocenters. The van der Waals surface area contributed by atoms with Gasteiger partial charge >= 0.3 is 0 Å². The number of aryl methyl sites for hydroxylation is 1. The summed E-state index contributed by atoms with van der Waals surface area (Å²) in [6.45, 7) is 1.95. The summed E-state index contributed by atoms with van der Waals surface area (Å²) in [5.41, 5.74) is 9.59. The Morgan fingerprint density at radius 1 is 1.35 bits per heavy atom. The van der Waals surface area contributed by atoms with Crippen molar-refractivity contribution in [2.75, 3.05) is 5.73 Å². The Labute approximate surface area is 123 Å². The van der Waals surface area contributed by atoms with Gasteiger partial charge in [0.15, 0.2) is 5.65 Å².